The highest BCUT2D eigenvalue weighted by atomic mass is 32.1. The number of aromatic nitrogens is 2. The molecule has 0 spiro atoms. The zero-order valence-electron chi connectivity index (χ0n) is 13.3. The Morgan fingerprint density at radius 2 is 2.00 bits per heavy atom. The molecule has 0 fully saturated rings. The van der Waals surface area contributed by atoms with Crippen molar-refractivity contribution in [2.45, 2.75) is 32.9 Å². The fraction of sp³-hybridized carbons (Fsp3) is 0.438. The van der Waals surface area contributed by atoms with Crippen molar-refractivity contribution in [1.82, 2.24) is 20.8 Å². The number of urea groups is 1. The molecule has 0 radical (unpaired) electrons. The van der Waals surface area contributed by atoms with Gasteiger partial charge in [0.25, 0.3) is 0 Å². The Hall–Kier alpha value is -1.99. The molecule has 1 aromatic carbocycles. The second kappa shape index (κ2) is 8.59. The lowest BCUT2D eigenvalue weighted by molar-refractivity contribution is 0.206. The highest BCUT2D eigenvalue weighted by Crippen LogP contribution is 2.22. The maximum atomic E-state index is 11.9. The largest absolute Gasteiger partial charge is 0.394 e. The number of benzene rings is 1. The maximum absolute atomic E-state index is 11.9. The minimum atomic E-state index is -0.304. The molecule has 2 aromatic rings. The molecule has 1 heterocycles. The Morgan fingerprint density at radius 3 is 2.65 bits per heavy atom. The molecule has 0 aliphatic rings. The van der Waals surface area contributed by atoms with Crippen LogP contribution in [0.2, 0.25) is 0 Å². The summed E-state index contributed by atoms with van der Waals surface area (Å²) in [6.45, 7) is 4.35. The monoisotopic (exact) mass is 334 g/mol. The van der Waals surface area contributed by atoms with E-state index >= 15 is 0 Å². The van der Waals surface area contributed by atoms with E-state index in [9.17, 15) is 9.90 Å². The van der Waals surface area contributed by atoms with Crippen LogP contribution in [0.4, 0.5) is 4.79 Å². The lowest BCUT2D eigenvalue weighted by Crippen LogP contribution is -2.44. The number of rotatable bonds is 7. The van der Waals surface area contributed by atoms with Gasteiger partial charge in [-0.1, -0.05) is 55.5 Å². The first-order chi connectivity index (χ1) is 11.1. The van der Waals surface area contributed by atoms with Crippen molar-refractivity contribution in [3.63, 3.8) is 0 Å². The molecule has 6 nitrogen and oxygen atoms in total. The second-order valence-corrected chi connectivity index (χ2v) is 6.77. The van der Waals surface area contributed by atoms with Crippen LogP contribution in [0.5, 0.6) is 0 Å². The van der Waals surface area contributed by atoms with E-state index in [1.54, 1.807) is 0 Å². The maximum Gasteiger partial charge on any atom is 0.315 e. The Bertz CT molecular complexity index is 616. The predicted molar refractivity (Wildman–Crippen MR) is 91.0 cm³/mol. The summed E-state index contributed by atoms with van der Waals surface area (Å²) < 4.78 is 0. The van der Waals surface area contributed by atoms with E-state index in [2.05, 4.69) is 34.7 Å². The minimum absolute atomic E-state index is 0.0669. The fourth-order valence-electron chi connectivity index (χ4n) is 2.16. The van der Waals surface area contributed by atoms with Crippen molar-refractivity contribution in [2.75, 3.05) is 6.61 Å². The first-order valence-corrected chi connectivity index (χ1v) is 8.43. The van der Waals surface area contributed by atoms with Crippen molar-refractivity contribution in [1.29, 1.82) is 0 Å². The van der Waals surface area contributed by atoms with Gasteiger partial charge in [-0.2, -0.15) is 0 Å². The van der Waals surface area contributed by atoms with Crippen LogP contribution in [-0.4, -0.2) is 34.0 Å². The van der Waals surface area contributed by atoms with Gasteiger partial charge in [-0.05, 0) is 12.3 Å². The van der Waals surface area contributed by atoms with Crippen LogP contribution in [0.1, 0.15) is 25.3 Å². The number of hydrogen-bond acceptors (Lipinski definition) is 5. The molecule has 0 aliphatic heterocycles. The summed E-state index contributed by atoms with van der Waals surface area (Å²) in [5, 5.41) is 24.6. The molecule has 1 atom stereocenters. The SMILES string of the molecule is CC(C)CC(CO)NC(=O)NCc1nnc(-c2ccccc2)s1. The number of nitrogens with one attached hydrogen (secondary N) is 2. The van der Waals surface area contributed by atoms with E-state index in [0.717, 1.165) is 22.0 Å². The van der Waals surface area contributed by atoms with Crippen LogP contribution in [0, 0.1) is 5.92 Å². The van der Waals surface area contributed by atoms with Crippen LogP contribution in [-0.2, 0) is 6.54 Å². The number of aliphatic hydroxyl groups excluding tert-OH is 1. The lowest BCUT2D eigenvalue weighted by atomic mass is 10.0. The molecule has 0 saturated heterocycles. The van der Waals surface area contributed by atoms with Crippen LogP contribution < -0.4 is 10.6 Å². The summed E-state index contributed by atoms with van der Waals surface area (Å²) in [5.41, 5.74) is 1.01. The van der Waals surface area contributed by atoms with Crippen LogP contribution in [0.3, 0.4) is 0 Å². The van der Waals surface area contributed by atoms with E-state index in [1.807, 2.05) is 30.3 Å². The average molecular weight is 334 g/mol. The van der Waals surface area contributed by atoms with Crippen molar-refractivity contribution < 1.29 is 9.90 Å². The first-order valence-electron chi connectivity index (χ1n) is 7.61. The van der Waals surface area contributed by atoms with E-state index in [0.29, 0.717) is 12.5 Å². The molecule has 3 N–H and O–H groups in total. The smallest absolute Gasteiger partial charge is 0.315 e. The van der Waals surface area contributed by atoms with Gasteiger partial charge < -0.3 is 15.7 Å². The second-order valence-electron chi connectivity index (χ2n) is 5.70. The third kappa shape index (κ3) is 5.61. The van der Waals surface area contributed by atoms with Gasteiger partial charge in [0.2, 0.25) is 0 Å². The Kier molecular flexibility index (Phi) is 6.49. The molecule has 0 bridgehead atoms. The zero-order valence-corrected chi connectivity index (χ0v) is 14.1. The quantitative estimate of drug-likeness (QED) is 0.726. The fourth-order valence-corrected chi connectivity index (χ4v) is 2.95. The molecule has 0 aliphatic carbocycles. The number of aliphatic hydroxyl groups is 1. The van der Waals surface area contributed by atoms with Gasteiger partial charge in [-0.15, -0.1) is 10.2 Å². The molecule has 124 valence electrons. The number of carbonyl (C=O) groups excluding carboxylic acids is 1. The number of amides is 2. The van der Waals surface area contributed by atoms with Crippen LogP contribution >= 0.6 is 11.3 Å². The number of hydrogen-bond donors (Lipinski definition) is 3. The van der Waals surface area contributed by atoms with Gasteiger partial charge in [0, 0.05) is 5.56 Å². The van der Waals surface area contributed by atoms with Crippen molar-refractivity contribution in [3.05, 3.63) is 35.3 Å². The highest BCUT2D eigenvalue weighted by Gasteiger charge is 2.13. The molecular formula is C16H22N4O2S. The molecule has 0 saturated carbocycles. The molecule has 1 aromatic heterocycles. The highest BCUT2D eigenvalue weighted by molar-refractivity contribution is 7.14. The van der Waals surface area contributed by atoms with E-state index in [1.165, 1.54) is 11.3 Å². The van der Waals surface area contributed by atoms with Crippen LogP contribution in [0.15, 0.2) is 30.3 Å². The Labute approximate surface area is 140 Å². The van der Waals surface area contributed by atoms with Gasteiger partial charge in [0.15, 0.2) is 0 Å². The van der Waals surface area contributed by atoms with Gasteiger partial charge >= 0.3 is 6.03 Å². The first kappa shape index (κ1) is 17.4. The van der Waals surface area contributed by atoms with Gasteiger partial charge in [0.05, 0.1) is 19.2 Å². The van der Waals surface area contributed by atoms with Crippen molar-refractivity contribution in [3.8, 4) is 10.6 Å². The summed E-state index contributed by atoms with van der Waals surface area (Å²) in [6, 6.07) is 9.26. The third-order valence-electron chi connectivity index (χ3n) is 3.20. The van der Waals surface area contributed by atoms with E-state index in [-0.39, 0.29) is 18.7 Å². The zero-order chi connectivity index (χ0) is 16.7. The van der Waals surface area contributed by atoms with E-state index in [4.69, 9.17) is 0 Å². The Morgan fingerprint density at radius 1 is 1.26 bits per heavy atom. The third-order valence-corrected chi connectivity index (χ3v) is 4.17. The van der Waals surface area contributed by atoms with Crippen molar-refractivity contribution in [2.24, 2.45) is 5.92 Å². The van der Waals surface area contributed by atoms with Gasteiger partial charge in [-0.3, -0.25) is 0 Å². The molecule has 23 heavy (non-hydrogen) atoms. The number of carbonyl (C=O) groups is 1. The normalized spacial score (nSPS) is 12.2. The van der Waals surface area contributed by atoms with Gasteiger partial charge in [-0.25, -0.2) is 4.79 Å². The molecule has 2 amide bonds. The lowest BCUT2D eigenvalue weighted by Gasteiger charge is -2.18. The van der Waals surface area contributed by atoms with Crippen LogP contribution in [0.25, 0.3) is 10.6 Å². The summed E-state index contributed by atoms with van der Waals surface area (Å²) in [7, 11) is 0. The topological polar surface area (TPSA) is 87.1 Å². The summed E-state index contributed by atoms with van der Waals surface area (Å²) >= 11 is 1.45. The molecule has 2 rings (SSSR count). The molecule has 7 heteroatoms. The van der Waals surface area contributed by atoms with Crippen molar-refractivity contribution >= 4 is 17.4 Å². The molecular weight excluding hydrogens is 312 g/mol. The van der Waals surface area contributed by atoms with E-state index < -0.39 is 0 Å². The summed E-state index contributed by atoms with van der Waals surface area (Å²) in [4.78, 5) is 11.9. The minimum Gasteiger partial charge on any atom is -0.394 e. The summed E-state index contributed by atoms with van der Waals surface area (Å²) in [5.74, 6) is 0.407. The van der Waals surface area contributed by atoms with Gasteiger partial charge in [0.1, 0.15) is 10.0 Å². The Balaban J connectivity index is 1.84. The molecule has 1 unspecified atom stereocenters. The number of nitrogens with zero attached hydrogens (tertiary/aromatic N) is 2. The predicted octanol–water partition coefficient (Wildman–Crippen LogP) is 2.41. The summed E-state index contributed by atoms with van der Waals surface area (Å²) in [6.07, 6.45) is 0.737. The average Bonchev–Trinajstić information content (AvgIpc) is 3.01. The standard InChI is InChI=1S/C16H22N4O2S/c1-11(2)8-13(10-21)18-16(22)17-9-14-19-20-15(23-14)12-6-4-3-5-7-12/h3-7,11,13,21H,8-10H2,1-2H3,(H2,17,18,22).